The molecule has 1 aliphatic rings. The zero-order chi connectivity index (χ0) is 26.0. The van der Waals surface area contributed by atoms with Crippen LogP contribution < -0.4 is 24.8 Å². The molecule has 1 aromatic heterocycles. The molecule has 37 heavy (non-hydrogen) atoms. The van der Waals surface area contributed by atoms with Gasteiger partial charge in [-0.05, 0) is 31.0 Å². The highest BCUT2D eigenvalue weighted by molar-refractivity contribution is 6.33. The molecule has 0 unspecified atom stereocenters. The van der Waals surface area contributed by atoms with E-state index in [2.05, 4.69) is 25.5 Å². The van der Waals surface area contributed by atoms with Gasteiger partial charge in [0.05, 0.1) is 48.5 Å². The second-order valence-electron chi connectivity index (χ2n) is 8.48. The number of nitrogens with zero attached hydrogens (tertiary/aromatic N) is 3. The van der Waals surface area contributed by atoms with Crippen LogP contribution in [-0.4, -0.2) is 74.0 Å². The second-order valence-corrected chi connectivity index (χ2v) is 8.89. The van der Waals surface area contributed by atoms with Gasteiger partial charge in [0.2, 0.25) is 5.88 Å². The van der Waals surface area contributed by atoms with Crippen molar-refractivity contribution in [3.63, 3.8) is 0 Å². The number of nitrogens with one attached hydrogen (secondary N) is 2. The molecule has 10 nitrogen and oxygen atoms in total. The van der Waals surface area contributed by atoms with Crippen LogP contribution in [0, 0.1) is 0 Å². The van der Waals surface area contributed by atoms with Gasteiger partial charge in [0.15, 0.2) is 11.5 Å². The van der Waals surface area contributed by atoms with Gasteiger partial charge >= 0.3 is 6.03 Å². The lowest BCUT2D eigenvalue weighted by Crippen LogP contribution is -2.37. The molecule has 3 aromatic rings. The molecule has 2 aromatic carbocycles. The van der Waals surface area contributed by atoms with Crippen LogP contribution in [0.2, 0.25) is 5.02 Å². The Morgan fingerprint density at radius 3 is 2.76 bits per heavy atom. The first-order chi connectivity index (χ1) is 18.1. The van der Waals surface area contributed by atoms with Crippen LogP contribution in [-0.2, 0) is 4.74 Å². The topological polar surface area (TPSA) is 107 Å². The summed E-state index contributed by atoms with van der Waals surface area (Å²) in [6.07, 6.45) is 3.17. The van der Waals surface area contributed by atoms with Gasteiger partial charge in [0.1, 0.15) is 12.1 Å². The summed E-state index contributed by atoms with van der Waals surface area (Å²) in [5.74, 6) is 1.99. The Balaban J connectivity index is 1.44. The minimum Gasteiger partial charge on any atom is -0.493 e. The number of aromatic nitrogens is 2. The number of hydrogen-bond donors (Lipinski definition) is 2. The summed E-state index contributed by atoms with van der Waals surface area (Å²) < 4.78 is 23.0. The second kappa shape index (κ2) is 13.3. The number of amides is 2. The Bertz CT molecular complexity index is 1210. The number of methoxy groups -OCH3 is 1. The maximum atomic E-state index is 11.9. The molecule has 0 bridgehead atoms. The minimum atomic E-state index is -0.314. The molecule has 0 radical (unpaired) electrons. The van der Waals surface area contributed by atoms with E-state index in [4.69, 9.17) is 30.5 Å². The summed E-state index contributed by atoms with van der Waals surface area (Å²) in [7, 11) is 1.59. The van der Waals surface area contributed by atoms with Gasteiger partial charge in [0, 0.05) is 38.3 Å². The van der Waals surface area contributed by atoms with Gasteiger partial charge in [-0.15, -0.1) is 0 Å². The third-order valence-corrected chi connectivity index (χ3v) is 6.12. The van der Waals surface area contributed by atoms with Crippen LogP contribution in [0.15, 0.2) is 36.7 Å². The smallest absolute Gasteiger partial charge is 0.319 e. The summed E-state index contributed by atoms with van der Waals surface area (Å²) in [6.45, 7) is 7.56. The molecule has 1 saturated heterocycles. The number of carbonyl (C=O) groups excluding carboxylic acids is 1. The first-order valence-electron chi connectivity index (χ1n) is 12.3. The van der Waals surface area contributed by atoms with E-state index >= 15 is 0 Å². The van der Waals surface area contributed by atoms with Crippen molar-refractivity contribution < 1.29 is 23.7 Å². The average Bonchev–Trinajstić information content (AvgIpc) is 2.91. The average molecular weight is 530 g/mol. The number of urea groups is 1. The van der Waals surface area contributed by atoms with Crippen LogP contribution >= 0.6 is 11.6 Å². The molecule has 4 rings (SSSR count). The Labute approximate surface area is 221 Å². The predicted octanol–water partition coefficient (Wildman–Crippen LogP) is 4.72. The number of rotatable bonds is 11. The molecule has 0 spiro atoms. The fourth-order valence-electron chi connectivity index (χ4n) is 3.87. The third kappa shape index (κ3) is 7.34. The SMILES string of the molecule is CCCNC(=O)Nc1ccc(Oc2ncnc3cc(OCCCN4CCOCC4)c(OC)cc23)cc1Cl. The van der Waals surface area contributed by atoms with E-state index in [0.29, 0.717) is 57.9 Å². The highest BCUT2D eigenvalue weighted by Crippen LogP contribution is 2.37. The number of fused-ring (bicyclic) bond motifs is 1. The van der Waals surface area contributed by atoms with E-state index in [9.17, 15) is 4.79 Å². The maximum absolute atomic E-state index is 11.9. The number of halogens is 1. The lowest BCUT2D eigenvalue weighted by atomic mass is 10.2. The molecule has 0 atom stereocenters. The molecule has 2 amide bonds. The first-order valence-corrected chi connectivity index (χ1v) is 12.7. The molecule has 1 aliphatic heterocycles. The van der Waals surface area contributed by atoms with Crippen LogP contribution in [0.5, 0.6) is 23.1 Å². The van der Waals surface area contributed by atoms with Crippen molar-refractivity contribution in [2.45, 2.75) is 19.8 Å². The molecular weight excluding hydrogens is 498 g/mol. The van der Waals surface area contributed by atoms with E-state index in [1.54, 1.807) is 31.4 Å². The molecular formula is C26H32ClN5O5. The minimum absolute atomic E-state index is 0.314. The van der Waals surface area contributed by atoms with Crippen LogP contribution in [0.1, 0.15) is 19.8 Å². The highest BCUT2D eigenvalue weighted by Gasteiger charge is 2.15. The van der Waals surface area contributed by atoms with Crippen molar-refractivity contribution in [3.05, 3.63) is 41.7 Å². The number of anilines is 1. The summed E-state index contributed by atoms with van der Waals surface area (Å²) >= 11 is 6.37. The van der Waals surface area contributed by atoms with Crippen LogP contribution in [0.25, 0.3) is 10.9 Å². The van der Waals surface area contributed by atoms with Gasteiger partial charge in [-0.3, -0.25) is 4.90 Å². The number of ether oxygens (including phenoxy) is 4. The van der Waals surface area contributed by atoms with E-state index < -0.39 is 0 Å². The van der Waals surface area contributed by atoms with Crippen molar-refractivity contribution in [1.82, 2.24) is 20.2 Å². The van der Waals surface area contributed by atoms with Crippen molar-refractivity contribution in [3.8, 4) is 23.1 Å². The summed E-state index contributed by atoms with van der Waals surface area (Å²) in [5, 5.41) is 6.47. The normalized spacial score (nSPS) is 13.8. The quantitative estimate of drug-likeness (QED) is 0.344. The third-order valence-electron chi connectivity index (χ3n) is 5.80. The molecule has 198 valence electrons. The maximum Gasteiger partial charge on any atom is 0.319 e. The Kier molecular flexibility index (Phi) is 9.58. The Morgan fingerprint density at radius 2 is 2.00 bits per heavy atom. The zero-order valence-electron chi connectivity index (χ0n) is 21.1. The predicted molar refractivity (Wildman–Crippen MR) is 142 cm³/mol. The van der Waals surface area contributed by atoms with E-state index in [-0.39, 0.29) is 6.03 Å². The van der Waals surface area contributed by atoms with Crippen molar-refractivity contribution in [1.29, 1.82) is 0 Å². The fourth-order valence-corrected chi connectivity index (χ4v) is 4.08. The monoisotopic (exact) mass is 529 g/mol. The van der Waals surface area contributed by atoms with Gasteiger partial charge in [-0.1, -0.05) is 18.5 Å². The fraction of sp³-hybridized carbons (Fsp3) is 0.423. The zero-order valence-corrected chi connectivity index (χ0v) is 21.8. The molecule has 1 fully saturated rings. The van der Waals surface area contributed by atoms with Crippen molar-refractivity contribution in [2.24, 2.45) is 0 Å². The van der Waals surface area contributed by atoms with Crippen molar-refractivity contribution >= 4 is 34.2 Å². The molecule has 0 aliphatic carbocycles. The standard InChI is InChI=1S/C26H32ClN5O5/c1-3-7-28-26(33)31-21-6-5-18(14-20(21)27)37-25-19-15-23(34-2)24(16-22(19)29-17-30-25)36-11-4-8-32-9-12-35-13-10-32/h5-6,14-17H,3-4,7-13H2,1-2H3,(H2,28,31,33). The molecule has 2 heterocycles. The Hall–Kier alpha value is -3.34. The number of hydrogen-bond acceptors (Lipinski definition) is 8. The lowest BCUT2D eigenvalue weighted by molar-refractivity contribution is 0.0357. The van der Waals surface area contributed by atoms with Gasteiger partial charge < -0.3 is 29.6 Å². The van der Waals surface area contributed by atoms with Crippen LogP contribution in [0.3, 0.4) is 0 Å². The molecule has 11 heteroatoms. The van der Waals surface area contributed by atoms with Crippen molar-refractivity contribution in [2.75, 3.05) is 58.4 Å². The van der Waals surface area contributed by atoms with Gasteiger partial charge in [-0.25, -0.2) is 14.8 Å². The number of benzene rings is 2. The van der Waals surface area contributed by atoms with E-state index in [0.717, 1.165) is 45.7 Å². The summed E-state index contributed by atoms with van der Waals surface area (Å²) in [6, 6.07) is 8.32. The van der Waals surface area contributed by atoms with Gasteiger partial charge in [0.25, 0.3) is 0 Å². The first kappa shape index (κ1) is 26.7. The van der Waals surface area contributed by atoms with Crippen LogP contribution in [0.4, 0.5) is 10.5 Å². The summed E-state index contributed by atoms with van der Waals surface area (Å²) in [5.41, 5.74) is 1.14. The van der Waals surface area contributed by atoms with E-state index in [1.165, 1.54) is 6.33 Å². The largest absolute Gasteiger partial charge is 0.493 e. The molecule has 0 saturated carbocycles. The lowest BCUT2D eigenvalue weighted by Gasteiger charge is -2.26. The number of carbonyl (C=O) groups is 1. The van der Waals surface area contributed by atoms with E-state index in [1.807, 2.05) is 13.0 Å². The summed E-state index contributed by atoms with van der Waals surface area (Å²) in [4.78, 5) is 23.0. The van der Waals surface area contributed by atoms with Gasteiger partial charge in [-0.2, -0.15) is 0 Å². The number of morpholine rings is 1. The Morgan fingerprint density at radius 1 is 1.16 bits per heavy atom. The molecule has 2 N–H and O–H groups in total. The highest BCUT2D eigenvalue weighted by atomic mass is 35.5.